The third-order valence-electron chi connectivity index (χ3n) is 5.66. The molecular weight excluding hydrogens is 376 g/mol. The molecule has 3 aromatic carbocycles. The largest absolute Gasteiger partial charge is 0.484 e. The molecule has 0 spiro atoms. The summed E-state index contributed by atoms with van der Waals surface area (Å²) in [6.45, 7) is 3.21. The molecule has 0 radical (unpaired) electrons. The van der Waals surface area contributed by atoms with Crippen LogP contribution in [0, 0.1) is 6.92 Å². The van der Waals surface area contributed by atoms with Crippen molar-refractivity contribution >= 4 is 22.6 Å². The topological polar surface area (TPSA) is 58.6 Å². The Labute approximate surface area is 176 Å². The number of ether oxygens (including phenoxy) is 1. The summed E-state index contributed by atoms with van der Waals surface area (Å²) in [5, 5.41) is 5.34. The molecule has 2 amide bonds. The van der Waals surface area contributed by atoms with E-state index in [0.29, 0.717) is 24.4 Å². The normalized spacial score (nSPS) is 14.5. The van der Waals surface area contributed by atoms with E-state index in [1.54, 1.807) is 0 Å². The molecule has 1 heterocycles. The molecule has 4 rings (SSSR count). The number of benzene rings is 3. The summed E-state index contributed by atoms with van der Waals surface area (Å²) < 4.78 is 5.73. The molecule has 0 aliphatic carbocycles. The summed E-state index contributed by atoms with van der Waals surface area (Å²) in [6, 6.07) is 21.6. The Morgan fingerprint density at radius 2 is 1.67 bits per heavy atom. The lowest BCUT2D eigenvalue weighted by atomic mass is 10.0. The maximum atomic E-state index is 12.5. The quantitative estimate of drug-likeness (QED) is 0.703. The molecule has 1 N–H and O–H groups in total. The zero-order chi connectivity index (χ0) is 20.9. The van der Waals surface area contributed by atoms with E-state index >= 15 is 0 Å². The van der Waals surface area contributed by atoms with Gasteiger partial charge in [-0.05, 0) is 54.3 Å². The maximum absolute atomic E-state index is 12.5. The fourth-order valence-corrected chi connectivity index (χ4v) is 3.86. The van der Waals surface area contributed by atoms with Gasteiger partial charge in [0.25, 0.3) is 11.8 Å². The number of fused-ring (bicyclic) bond motifs is 1. The van der Waals surface area contributed by atoms with Gasteiger partial charge in [0.15, 0.2) is 6.61 Å². The van der Waals surface area contributed by atoms with Gasteiger partial charge in [0.1, 0.15) is 5.75 Å². The van der Waals surface area contributed by atoms with E-state index in [4.69, 9.17) is 4.74 Å². The summed E-state index contributed by atoms with van der Waals surface area (Å²) in [6.07, 6.45) is 1.50. The second-order valence-electron chi connectivity index (χ2n) is 7.74. The van der Waals surface area contributed by atoms with Crippen LogP contribution in [0.4, 0.5) is 0 Å². The van der Waals surface area contributed by atoms with E-state index in [1.807, 2.05) is 78.6 Å². The van der Waals surface area contributed by atoms with Crippen molar-refractivity contribution in [1.82, 2.24) is 10.2 Å². The van der Waals surface area contributed by atoms with Crippen LogP contribution in [0.2, 0.25) is 0 Å². The minimum atomic E-state index is -0.0440. The van der Waals surface area contributed by atoms with E-state index in [9.17, 15) is 9.59 Å². The molecule has 5 heteroatoms. The molecule has 0 atom stereocenters. The van der Waals surface area contributed by atoms with Crippen LogP contribution in [-0.2, 0) is 4.79 Å². The molecule has 0 aromatic heterocycles. The zero-order valence-corrected chi connectivity index (χ0v) is 17.1. The number of piperidine rings is 1. The average molecular weight is 402 g/mol. The van der Waals surface area contributed by atoms with Gasteiger partial charge in [-0.3, -0.25) is 9.59 Å². The summed E-state index contributed by atoms with van der Waals surface area (Å²) in [7, 11) is 0. The van der Waals surface area contributed by atoms with Crippen LogP contribution < -0.4 is 10.1 Å². The first-order valence-electron chi connectivity index (χ1n) is 10.4. The first kappa shape index (κ1) is 20.0. The molecule has 1 fully saturated rings. The number of likely N-dealkylation sites (tertiary alicyclic amines) is 1. The minimum absolute atomic E-state index is 0.0214. The number of carbonyl (C=O) groups is 2. The molecule has 0 bridgehead atoms. The van der Waals surface area contributed by atoms with Crippen molar-refractivity contribution < 1.29 is 14.3 Å². The maximum Gasteiger partial charge on any atom is 0.260 e. The van der Waals surface area contributed by atoms with E-state index < -0.39 is 0 Å². The van der Waals surface area contributed by atoms with Gasteiger partial charge in [-0.15, -0.1) is 0 Å². The van der Waals surface area contributed by atoms with Crippen molar-refractivity contribution in [3.63, 3.8) is 0 Å². The van der Waals surface area contributed by atoms with Gasteiger partial charge in [0.05, 0.1) is 0 Å². The predicted octanol–water partition coefficient (Wildman–Crippen LogP) is 3.95. The monoisotopic (exact) mass is 402 g/mol. The number of nitrogens with one attached hydrogen (secondary N) is 1. The predicted molar refractivity (Wildman–Crippen MR) is 118 cm³/mol. The van der Waals surface area contributed by atoms with Gasteiger partial charge in [-0.1, -0.05) is 48.5 Å². The smallest absolute Gasteiger partial charge is 0.260 e. The molecule has 1 aliphatic rings. The van der Waals surface area contributed by atoms with Crippen molar-refractivity contribution in [1.29, 1.82) is 0 Å². The second-order valence-corrected chi connectivity index (χ2v) is 7.74. The number of hydrogen-bond donors (Lipinski definition) is 1. The van der Waals surface area contributed by atoms with Gasteiger partial charge in [-0.2, -0.15) is 0 Å². The standard InChI is InChI=1S/C25H26N2O3/c1-18-6-2-5-9-23(18)25(29)26-21-12-14-27(15-13-21)24(28)17-30-22-11-10-19-7-3-4-8-20(19)16-22/h2-11,16,21H,12-15,17H2,1H3,(H,26,29). The van der Waals surface area contributed by atoms with Gasteiger partial charge in [0.2, 0.25) is 0 Å². The molecule has 0 unspecified atom stereocenters. The molecule has 0 saturated carbocycles. The highest BCUT2D eigenvalue weighted by molar-refractivity contribution is 5.95. The van der Waals surface area contributed by atoms with Crippen LogP contribution >= 0.6 is 0 Å². The highest BCUT2D eigenvalue weighted by atomic mass is 16.5. The van der Waals surface area contributed by atoms with Crippen LogP contribution in [0.1, 0.15) is 28.8 Å². The van der Waals surface area contributed by atoms with E-state index in [0.717, 1.165) is 29.2 Å². The Kier molecular flexibility index (Phi) is 5.98. The molecule has 154 valence electrons. The summed E-state index contributed by atoms with van der Waals surface area (Å²) >= 11 is 0. The molecule has 3 aromatic rings. The molecule has 1 saturated heterocycles. The summed E-state index contributed by atoms with van der Waals surface area (Å²) in [4.78, 5) is 26.9. The molecular formula is C25H26N2O3. The number of carbonyl (C=O) groups excluding carboxylic acids is 2. The number of amides is 2. The van der Waals surface area contributed by atoms with Crippen molar-refractivity contribution in [2.24, 2.45) is 0 Å². The molecule has 30 heavy (non-hydrogen) atoms. The third kappa shape index (κ3) is 4.62. The first-order chi connectivity index (χ1) is 14.6. The van der Waals surface area contributed by atoms with Crippen molar-refractivity contribution in [2.45, 2.75) is 25.8 Å². The van der Waals surface area contributed by atoms with Crippen LogP contribution in [0.5, 0.6) is 5.75 Å². The van der Waals surface area contributed by atoms with Crippen LogP contribution in [0.3, 0.4) is 0 Å². The lowest BCUT2D eigenvalue weighted by molar-refractivity contribution is -0.134. The van der Waals surface area contributed by atoms with Gasteiger partial charge >= 0.3 is 0 Å². The zero-order valence-electron chi connectivity index (χ0n) is 17.1. The average Bonchev–Trinajstić information content (AvgIpc) is 2.78. The second kappa shape index (κ2) is 8.99. The Bertz CT molecular complexity index is 1050. The van der Waals surface area contributed by atoms with Crippen molar-refractivity contribution in [3.05, 3.63) is 77.9 Å². The van der Waals surface area contributed by atoms with Crippen LogP contribution in [0.25, 0.3) is 10.8 Å². The number of rotatable bonds is 5. The fraction of sp³-hybridized carbons (Fsp3) is 0.280. The van der Waals surface area contributed by atoms with E-state index in [1.165, 1.54) is 0 Å². The minimum Gasteiger partial charge on any atom is -0.484 e. The summed E-state index contributed by atoms with van der Waals surface area (Å²) in [5.41, 5.74) is 1.67. The molecule has 5 nitrogen and oxygen atoms in total. The lowest BCUT2D eigenvalue weighted by Gasteiger charge is -2.32. The highest BCUT2D eigenvalue weighted by Crippen LogP contribution is 2.21. The SMILES string of the molecule is Cc1ccccc1C(=O)NC1CCN(C(=O)COc2ccc3ccccc3c2)CC1. The third-order valence-corrected chi connectivity index (χ3v) is 5.66. The lowest BCUT2D eigenvalue weighted by Crippen LogP contribution is -2.47. The van der Waals surface area contributed by atoms with Crippen LogP contribution in [0.15, 0.2) is 66.7 Å². The van der Waals surface area contributed by atoms with Crippen molar-refractivity contribution in [2.75, 3.05) is 19.7 Å². The Morgan fingerprint density at radius 3 is 2.43 bits per heavy atom. The van der Waals surface area contributed by atoms with Crippen LogP contribution in [-0.4, -0.2) is 42.5 Å². The van der Waals surface area contributed by atoms with Gasteiger partial charge in [0, 0.05) is 24.7 Å². The number of nitrogens with zero attached hydrogens (tertiary/aromatic N) is 1. The summed E-state index contributed by atoms with van der Waals surface area (Å²) in [5.74, 6) is 0.631. The van der Waals surface area contributed by atoms with Gasteiger partial charge in [-0.25, -0.2) is 0 Å². The van der Waals surface area contributed by atoms with E-state index in [2.05, 4.69) is 5.32 Å². The number of aryl methyl sites for hydroxylation is 1. The fourth-order valence-electron chi connectivity index (χ4n) is 3.86. The molecule has 1 aliphatic heterocycles. The van der Waals surface area contributed by atoms with E-state index in [-0.39, 0.29) is 24.5 Å². The highest BCUT2D eigenvalue weighted by Gasteiger charge is 2.24. The van der Waals surface area contributed by atoms with Crippen molar-refractivity contribution in [3.8, 4) is 5.75 Å². The number of hydrogen-bond acceptors (Lipinski definition) is 3. The first-order valence-corrected chi connectivity index (χ1v) is 10.4. The van der Waals surface area contributed by atoms with Gasteiger partial charge < -0.3 is 15.0 Å². The Morgan fingerprint density at radius 1 is 0.967 bits per heavy atom. The Hall–Kier alpha value is -3.34. The Balaban J connectivity index is 1.25.